The predicted molar refractivity (Wildman–Crippen MR) is 126 cm³/mol. The summed E-state index contributed by atoms with van der Waals surface area (Å²) in [5.41, 5.74) is -1.57. The minimum absolute atomic E-state index is 0.0137. The van der Waals surface area contributed by atoms with Crippen LogP contribution < -0.4 is 10.6 Å². The van der Waals surface area contributed by atoms with E-state index in [0.717, 1.165) is 19.3 Å². The smallest absolute Gasteiger partial charge is 0.407 e. The van der Waals surface area contributed by atoms with Gasteiger partial charge in [0.15, 0.2) is 5.78 Å². The molecule has 194 valence electrons. The van der Waals surface area contributed by atoms with E-state index < -0.39 is 35.0 Å². The lowest BCUT2D eigenvalue weighted by atomic mass is 9.51. The standard InChI is InChI=1S/C26H38N2O7/c1-23(2,3)35-22(33)27-11-8-16(21(31)32)28-19(30)7-9-24(4)18(29)6-10-26-13-15-12-17(20(24)26)34-25(15,5)14-26/h6,10,15-17,20H,7-9,11-14H2,1-5H3,(H,27,33)(H,28,30)(H,31,32)/t15?,16-,17?,20?,24+,25?,26?/m0/s1. The average molecular weight is 491 g/mol. The molecule has 5 aliphatic rings. The molecule has 0 radical (unpaired) electrons. The van der Waals surface area contributed by atoms with E-state index in [1.54, 1.807) is 26.8 Å². The van der Waals surface area contributed by atoms with Gasteiger partial charge in [-0.3, -0.25) is 9.59 Å². The summed E-state index contributed by atoms with van der Waals surface area (Å²) in [6, 6.07) is -1.15. The first-order valence-electron chi connectivity index (χ1n) is 12.6. The molecular formula is C26H38N2O7. The third-order valence-electron chi connectivity index (χ3n) is 8.52. The highest BCUT2D eigenvalue weighted by Crippen LogP contribution is 2.71. The summed E-state index contributed by atoms with van der Waals surface area (Å²) >= 11 is 0. The number of ketones is 1. The number of carboxylic acid groups (broad SMARTS) is 1. The Morgan fingerprint density at radius 2 is 2.00 bits per heavy atom. The lowest BCUT2D eigenvalue weighted by Gasteiger charge is -2.55. The largest absolute Gasteiger partial charge is 0.480 e. The first kappa shape index (κ1) is 25.7. The van der Waals surface area contributed by atoms with Crippen LogP contribution in [0.3, 0.4) is 0 Å². The zero-order valence-corrected chi connectivity index (χ0v) is 21.3. The first-order chi connectivity index (χ1) is 16.2. The molecule has 0 aromatic rings. The average Bonchev–Trinajstić information content (AvgIpc) is 3.09. The third-order valence-corrected chi connectivity index (χ3v) is 8.52. The van der Waals surface area contributed by atoms with Gasteiger partial charge in [-0.15, -0.1) is 0 Å². The van der Waals surface area contributed by atoms with E-state index in [1.165, 1.54) is 0 Å². The Hall–Kier alpha value is -2.42. The van der Waals surface area contributed by atoms with Gasteiger partial charge in [0, 0.05) is 24.3 Å². The molecule has 2 aliphatic heterocycles. The van der Waals surface area contributed by atoms with E-state index in [0.29, 0.717) is 12.3 Å². The number of hydrogen-bond acceptors (Lipinski definition) is 6. The summed E-state index contributed by atoms with van der Waals surface area (Å²) in [6.07, 6.45) is 6.44. The highest BCUT2D eigenvalue weighted by Gasteiger charge is 2.71. The fraction of sp³-hybridized carbons (Fsp3) is 0.769. The molecule has 5 rings (SSSR count). The van der Waals surface area contributed by atoms with Gasteiger partial charge in [-0.1, -0.05) is 13.0 Å². The molecule has 1 spiro atoms. The number of alkyl carbamates (subject to hydrolysis) is 1. The zero-order valence-electron chi connectivity index (χ0n) is 21.3. The monoisotopic (exact) mass is 490 g/mol. The van der Waals surface area contributed by atoms with E-state index in [-0.39, 0.29) is 48.2 Å². The fourth-order valence-corrected chi connectivity index (χ4v) is 7.17. The van der Waals surface area contributed by atoms with Crippen LogP contribution in [0, 0.1) is 22.7 Å². The maximum atomic E-state index is 13.1. The Labute approximate surface area is 206 Å². The van der Waals surface area contributed by atoms with Gasteiger partial charge < -0.3 is 25.2 Å². The molecule has 3 N–H and O–H groups in total. The van der Waals surface area contributed by atoms with Gasteiger partial charge in [0.2, 0.25) is 5.91 Å². The van der Waals surface area contributed by atoms with Crippen molar-refractivity contribution < 1.29 is 33.8 Å². The Bertz CT molecular complexity index is 956. The first-order valence-corrected chi connectivity index (χ1v) is 12.6. The molecule has 2 heterocycles. The quantitative estimate of drug-likeness (QED) is 0.477. The summed E-state index contributed by atoms with van der Waals surface area (Å²) in [7, 11) is 0. The van der Waals surface area contributed by atoms with Crippen molar-refractivity contribution in [2.24, 2.45) is 22.7 Å². The van der Waals surface area contributed by atoms with Crippen LogP contribution in [0.1, 0.15) is 73.1 Å². The van der Waals surface area contributed by atoms with E-state index in [9.17, 15) is 24.3 Å². The van der Waals surface area contributed by atoms with E-state index in [2.05, 4.69) is 23.6 Å². The normalized spacial score (nSPS) is 37.6. The summed E-state index contributed by atoms with van der Waals surface area (Å²) in [4.78, 5) is 49.3. The number of carboxylic acids is 1. The molecule has 9 heteroatoms. The van der Waals surface area contributed by atoms with Crippen LogP contribution in [0.2, 0.25) is 0 Å². The number of ether oxygens (including phenoxy) is 2. The highest BCUT2D eigenvalue weighted by atomic mass is 16.6. The van der Waals surface area contributed by atoms with Crippen LogP contribution in [0.4, 0.5) is 4.79 Å². The lowest BCUT2D eigenvalue weighted by molar-refractivity contribution is -0.169. The fourth-order valence-electron chi connectivity index (χ4n) is 7.17. The van der Waals surface area contributed by atoms with Crippen LogP contribution in [0.15, 0.2) is 12.2 Å². The summed E-state index contributed by atoms with van der Waals surface area (Å²) in [5.74, 6) is -1.05. The van der Waals surface area contributed by atoms with Gasteiger partial charge in [-0.05, 0) is 77.2 Å². The Morgan fingerprint density at radius 3 is 2.63 bits per heavy atom. The lowest BCUT2D eigenvalue weighted by Crippen LogP contribution is -2.56. The molecule has 35 heavy (non-hydrogen) atoms. The van der Waals surface area contributed by atoms with Gasteiger partial charge >= 0.3 is 12.1 Å². The van der Waals surface area contributed by atoms with Gasteiger partial charge in [-0.2, -0.15) is 0 Å². The van der Waals surface area contributed by atoms with Crippen LogP contribution in [0.5, 0.6) is 0 Å². The van der Waals surface area contributed by atoms with Crippen molar-refractivity contribution in [1.82, 2.24) is 10.6 Å². The van der Waals surface area contributed by atoms with Crippen LogP contribution >= 0.6 is 0 Å². The summed E-state index contributed by atoms with van der Waals surface area (Å²) in [5, 5.41) is 14.6. The molecule has 3 aliphatic carbocycles. The topological polar surface area (TPSA) is 131 Å². The number of aliphatic carboxylic acids is 1. The van der Waals surface area contributed by atoms with Gasteiger partial charge in [-0.25, -0.2) is 9.59 Å². The number of allylic oxidation sites excluding steroid dienone is 2. The van der Waals surface area contributed by atoms with Crippen molar-refractivity contribution in [2.75, 3.05) is 6.54 Å². The number of carbonyl (C=O) groups is 4. The van der Waals surface area contributed by atoms with Crippen molar-refractivity contribution in [3.63, 3.8) is 0 Å². The molecule has 0 aromatic heterocycles. The van der Waals surface area contributed by atoms with Gasteiger partial charge in [0.25, 0.3) is 0 Å². The molecule has 4 fully saturated rings. The molecule has 4 bridgehead atoms. The Morgan fingerprint density at radius 1 is 1.29 bits per heavy atom. The van der Waals surface area contributed by atoms with Crippen LogP contribution in [-0.4, -0.2) is 58.8 Å². The third kappa shape index (κ3) is 4.71. The Balaban J connectivity index is 1.34. The molecule has 7 atom stereocenters. The van der Waals surface area contributed by atoms with Gasteiger partial charge in [0.1, 0.15) is 11.6 Å². The van der Waals surface area contributed by atoms with E-state index in [1.807, 2.05) is 6.92 Å². The van der Waals surface area contributed by atoms with Crippen molar-refractivity contribution in [3.8, 4) is 0 Å². The van der Waals surface area contributed by atoms with Crippen molar-refractivity contribution in [3.05, 3.63) is 12.2 Å². The molecule has 5 unspecified atom stereocenters. The molecule has 9 nitrogen and oxygen atoms in total. The minimum Gasteiger partial charge on any atom is -0.480 e. The van der Waals surface area contributed by atoms with Crippen molar-refractivity contribution >= 4 is 23.8 Å². The zero-order chi connectivity index (χ0) is 25.8. The van der Waals surface area contributed by atoms with Crippen LogP contribution in [-0.2, 0) is 23.9 Å². The number of rotatable bonds is 8. The summed E-state index contributed by atoms with van der Waals surface area (Å²) in [6.45, 7) is 9.36. The number of carbonyl (C=O) groups excluding carboxylic acids is 3. The predicted octanol–water partition coefficient (Wildman–Crippen LogP) is 2.97. The maximum absolute atomic E-state index is 13.1. The maximum Gasteiger partial charge on any atom is 0.407 e. The van der Waals surface area contributed by atoms with Crippen molar-refractivity contribution in [1.29, 1.82) is 0 Å². The summed E-state index contributed by atoms with van der Waals surface area (Å²) < 4.78 is 11.6. The molecule has 2 amide bonds. The highest BCUT2D eigenvalue weighted by molar-refractivity contribution is 5.96. The second-order valence-corrected chi connectivity index (χ2v) is 12.3. The second kappa shape index (κ2) is 8.61. The van der Waals surface area contributed by atoms with Gasteiger partial charge in [0.05, 0.1) is 11.7 Å². The Kier molecular flexibility index (Phi) is 6.31. The molecule has 0 aromatic carbocycles. The number of nitrogens with one attached hydrogen (secondary N) is 2. The second-order valence-electron chi connectivity index (χ2n) is 12.3. The molecule has 2 saturated carbocycles. The minimum atomic E-state index is -1.18. The van der Waals surface area contributed by atoms with E-state index in [4.69, 9.17) is 9.47 Å². The van der Waals surface area contributed by atoms with Crippen LogP contribution in [0.25, 0.3) is 0 Å². The number of amides is 2. The number of hydrogen-bond donors (Lipinski definition) is 3. The SMILES string of the molecule is CC(C)(C)OC(=O)NCC[C@H](NC(=O)CC[C@]1(C)C(=O)C=CC23CC4CC(OC4(C)C2)C31)C(=O)O. The van der Waals surface area contributed by atoms with E-state index >= 15 is 0 Å². The van der Waals surface area contributed by atoms with Crippen molar-refractivity contribution in [2.45, 2.75) is 96.5 Å². The molecular weight excluding hydrogens is 452 g/mol. The molecule has 2 saturated heterocycles.